The molecule has 1 aliphatic carbocycles. The molecule has 0 unspecified atom stereocenters. The number of nitrogens with zero attached hydrogens (tertiary/aromatic N) is 1. The van der Waals surface area contributed by atoms with Crippen molar-refractivity contribution in [2.75, 3.05) is 24.7 Å². The van der Waals surface area contributed by atoms with Gasteiger partial charge in [0, 0.05) is 30.8 Å². The lowest BCUT2D eigenvalue weighted by Crippen LogP contribution is -2.50. The Kier molecular flexibility index (Phi) is 5.32. The lowest BCUT2D eigenvalue weighted by Gasteiger charge is -2.39. The van der Waals surface area contributed by atoms with E-state index in [2.05, 4.69) is 31.4 Å². The van der Waals surface area contributed by atoms with Crippen molar-refractivity contribution in [2.24, 2.45) is 11.3 Å². The highest BCUT2D eigenvalue weighted by Gasteiger charge is 2.35. The maximum Gasteiger partial charge on any atom is 0.315 e. The van der Waals surface area contributed by atoms with E-state index in [1.165, 1.54) is 6.42 Å². The monoisotopic (exact) mass is 401 g/mol. The molecule has 2 N–H and O–H groups in total. The van der Waals surface area contributed by atoms with Crippen LogP contribution in [-0.2, 0) is 4.79 Å². The van der Waals surface area contributed by atoms with Gasteiger partial charge in [0.1, 0.15) is 13.2 Å². The molecular formula is C22H31N3O4. The van der Waals surface area contributed by atoms with E-state index in [0.29, 0.717) is 43.6 Å². The van der Waals surface area contributed by atoms with E-state index in [-0.39, 0.29) is 29.4 Å². The summed E-state index contributed by atoms with van der Waals surface area (Å²) >= 11 is 0. The predicted molar refractivity (Wildman–Crippen MR) is 110 cm³/mol. The zero-order valence-corrected chi connectivity index (χ0v) is 17.5. The number of fused-ring (bicyclic) bond motifs is 1. The van der Waals surface area contributed by atoms with Crippen LogP contribution in [0.1, 0.15) is 46.5 Å². The molecular weight excluding hydrogens is 370 g/mol. The Morgan fingerprint density at radius 3 is 2.59 bits per heavy atom. The highest BCUT2D eigenvalue weighted by Crippen LogP contribution is 2.38. The van der Waals surface area contributed by atoms with Crippen molar-refractivity contribution in [3.8, 4) is 11.5 Å². The number of carbonyl (C=O) groups is 2. The van der Waals surface area contributed by atoms with E-state index >= 15 is 0 Å². The van der Waals surface area contributed by atoms with Gasteiger partial charge in [-0.3, -0.25) is 4.79 Å². The molecule has 3 atom stereocenters. The molecule has 7 heteroatoms. The second kappa shape index (κ2) is 7.76. The third kappa shape index (κ3) is 4.60. The maximum absolute atomic E-state index is 12.5. The lowest BCUT2D eigenvalue weighted by molar-refractivity contribution is -0.117. The molecule has 0 aromatic heterocycles. The summed E-state index contributed by atoms with van der Waals surface area (Å²) in [4.78, 5) is 26.8. The Bertz CT molecular complexity index is 794. The van der Waals surface area contributed by atoms with Gasteiger partial charge in [-0.15, -0.1) is 0 Å². The second-order valence-corrected chi connectivity index (χ2v) is 9.46. The normalized spacial score (nSPS) is 28.2. The third-order valence-electron chi connectivity index (χ3n) is 6.02. The zero-order valence-electron chi connectivity index (χ0n) is 17.5. The number of hydrogen-bond acceptors (Lipinski definition) is 4. The van der Waals surface area contributed by atoms with Crippen LogP contribution in [0.2, 0.25) is 0 Å². The van der Waals surface area contributed by atoms with Crippen LogP contribution in [0.25, 0.3) is 0 Å². The molecule has 2 heterocycles. The molecule has 29 heavy (non-hydrogen) atoms. The molecule has 7 nitrogen and oxygen atoms in total. The summed E-state index contributed by atoms with van der Waals surface area (Å²) in [5, 5.41) is 6.12. The first-order valence-electron chi connectivity index (χ1n) is 10.6. The smallest absolute Gasteiger partial charge is 0.315 e. The van der Waals surface area contributed by atoms with Gasteiger partial charge in [0.05, 0.1) is 6.04 Å². The number of nitrogens with one attached hydrogen (secondary N) is 2. The fourth-order valence-electron chi connectivity index (χ4n) is 5.12. The Balaban J connectivity index is 1.34. The minimum atomic E-state index is -0.204. The van der Waals surface area contributed by atoms with Gasteiger partial charge in [-0.25, -0.2) is 4.79 Å². The molecule has 1 saturated carbocycles. The van der Waals surface area contributed by atoms with Crippen LogP contribution in [0.4, 0.5) is 10.5 Å². The number of ether oxygens (including phenoxy) is 2. The van der Waals surface area contributed by atoms with E-state index in [1.807, 2.05) is 18.2 Å². The highest BCUT2D eigenvalue weighted by molar-refractivity contribution is 5.97. The number of carbonyl (C=O) groups excluding carboxylic acids is 2. The molecule has 4 rings (SSSR count). The Hall–Kier alpha value is -2.44. The van der Waals surface area contributed by atoms with E-state index in [9.17, 15) is 9.59 Å². The average Bonchev–Trinajstić information content (AvgIpc) is 2.99. The number of benzene rings is 1. The number of amides is 3. The summed E-state index contributed by atoms with van der Waals surface area (Å²) in [7, 11) is 0. The van der Waals surface area contributed by atoms with E-state index in [4.69, 9.17) is 9.47 Å². The molecule has 1 saturated heterocycles. The predicted octanol–water partition coefficient (Wildman–Crippen LogP) is 3.08. The van der Waals surface area contributed by atoms with Gasteiger partial charge >= 0.3 is 6.03 Å². The molecule has 1 aromatic carbocycles. The number of hydrogen-bond donors (Lipinski definition) is 2. The van der Waals surface area contributed by atoms with Gasteiger partial charge in [-0.05, 0) is 42.7 Å². The molecule has 0 spiro atoms. The SMILES string of the molecule is C[C@H]1C[C@H](NC(=O)N[C@@H]2CC(=O)N(c3ccc4c(c3)OCCO4)C2)CC(C)(C)C1. The fraction of sp³-hybridized carbons (Fsp3) is 0.636. The summed E-state index contributed by atoms with van der Waals surface area (Å²) < 4.78 is 11.2. The van der Waals surface area contributed by atoms with E-state index < -0.39 is 0 Å². The van der Waals surface area contributed by atoms with Crippen LogP contribution >= 0.6 is 0 Å². The Morgan fingerprint density at radius 2 is 1.83 bits per heavy atom. The summed E-state index contributed by atoms with van der Waals surface area (Å²) in [5.41, 5.74) is 1.01. The first-order valence-corrected chi connectivity index (χ1v) is 10.6. The average molecular weight is 402 g/mol. The van der Waals surface area contributed by atoms with Crippen molar-refractivity contribution < 1.29 is 19.1 Å². The van der Waals surface area contributed by atoms with Crippen molar-refractivity contribution in [3.05, 3.63) is 18.2 Å². The topological polar surface area (TPSA) is 79.9 Å². The van der Waals surface area contributed by atoms with Crippen LogP contribution in [0.5, 0.6) is 11.5 Å². The van der Waals surface area contributed by atoms with Gasteiger partial charge in [0.2, 0.25) is 5.91 Å². The molecule has 158 valence electrons. The first kappa shape index (κ1) is 19.9. The van der Waals surface area contributed by atoms with Crippen LogP contribution < -0.4 is 25.0 Å². The van der Waals surface area contributed by atoms with Crippen LogP contribution in [0.15, 0.2) is 18.2 Å². The number of anilines is 1. The van der Waals surface area contributed by atoms with E-state index in [1.54, 1.807) is 4.90 Å². The van der Waals surface area contributed by atoms with Gasteiger partial charge < -0.3 is 25.0 Å². The fourth-order valence-corrected chi connectivity index (χ4v) is 5.12. The van der Waals surface area contributed by atoms with Gasteiger partial charge in [0.15, 0.2) is 11.5 Å². The minimum Gasteiger partial charge on any atom is -0.486 e. The van der Waals surface area contributed by atoms with Crippen molar-refractivity contribution in [2.45, 2.75) is 58.5 Å². The molecule has 2 fully saturated rings. The summed E-state index contributed by atoms with van der Waals surface area (Å²) in [6.45, 7) is 8.26. The first-order chi connectivity index (χ1) is 13.8. The summed E-state index contributed by atoms with van der Waals surface area (Å²) in [5.74, 6) is 1.96. The third-order valence-corrected chi connectivity index (χ3v) is 6.02. The van der Waals surface area contributed by atoms with Gasteiger partial charge in [-0.1, -0.05) is 20.8 Å². The quantitative estimate of drug-likeness (QED) is 0.816. The molecule has 1 aromatic rings. The minimum absolute atomic E-state index is 0.000556. The zero-order chi connectivity index (χ0) is 20.6. The molecule has 0 bridgehead atoms. The Labute approximate surface area is 172 Å². The second-order valence-electron chi connectivity index (χ2n) is 9.46. The molecule has 2 aliphatic heterocycles. The van der Waals surface area contributed by atoms with Crippen LogP contribution in [0.3, 0.4) is 0 Å². The molecule has 3 aliphatic rings. The standard InChI is InChI=1S/C22H31N3O4/c1-14-8-15(12-22(2,3)11-14)23-21(27)24-16-9-20(26)25(13-16)17-4-5-18-19(10-17)29-7-6-28-18/h4-5,10,14-16H,6-9,11-13H2,1-3H3,(H2,23,24,27)/t14-,15-,16+/m0/s1. The largest absolute Gasteiger partial charge is 0.486 e. The van der Waals surface area contributed by atoms with Crippen molar-refractivity contribution >= 4 is 17.6 Å². The highest BCUT2D eigenvalue weighted by atomic mass is 16.6. The molecule has 3 amide bonds. The summed E-state index contributed by atoms with van der Waals surface area (Å²) in [6.07, 6.45) is 3.48. The van der Waals surface area contributed by atoms with Crippen LogP contribution in [-0.4, -0.2) is 43.8 Å². The Morgan fingerprint density at radius 1 is 1.10 bits per heavy atom. The number of urea groups is 1. The van der Waals surface area contributed by atoms with E-state index in [0.717, 1.165) is 18.5 Å². The van der Waals surface area contributed by atoms with Crippen LogP contribution in [0, 0.1) is 11.3 Å². The maximum atomic E-state index is 12.5. The van der Waals surface area contributed by atoms with Gasteiger partial charge in [0.25, 0.3) is 0 Å². The van der Waals surface area contributed by atoms with Crippen molar-refractivity contribution in [1.29, 1.82) is 0 Å². The summed E-state index contributed by atoms with van der Waals surface area (Å²) in [6, 6.07) is 5.32. The number of rotatable bonds is 3. The van der Waals surface area contributed by atoms with Gasteiger partial charge in [-0.2, -0.15) is 0 Å². The lowest BCUT2D eigenvalue weighted by atomic mass is 9.71. The molecule has 0 radical (unpaired) electrons. The van der Waals surface area contributed by atoms with Crippen molar-refractivity contribution in [3.63, 3.8) is 0 Å². The van der Waals surface area contributed by atoms with Crippen molar-refractivity contribution in [1.82, 2.24) is 10.6 Å².